The first-order chi connectivity index (χ1) is 14.1. The van der Waals surface area contributed by atoms with Crippen LogP contribution in [0.2, 0.25) is 0 Å². The fourth-order valence-corrected chi connectivity index (χ4v) is 2.87. The molecule has 1 N–H and O–H groups in total. The Morgan fingerprint density at radius 1 is 1.10 bits per heavy atom. The molecular weight excluding hydrogens is 378 g/mol. The molecule has 4 rings (SSSR count). The number of hydrogen-bond donors (Lipinski definition) is 1. The van der Waals surface area contributed by atoms with Gasteiger partial charge in [-0.2, -0.15) is 5.10 Å². The topological polar surface area (TPSA) is 115 Å². The second-order valence-corrected chi connectivity index (χ2v) is 6.12. The zero-order chi connectivity index (χ0) is 20.2. The van der Waals surface area contributed by atoms with E-state index in [9.17, 15) is 14.7 Å². The zero-order valence-corrected chi connectivity index (χ0v) is 15.2. The minimum Gasteiger partial charge on any atom is -0.548 e. The van der Waals surface area contributed by atoms with Crippen molar-refractivity contribution in [3.63, 3.8) is 0 Å². The summed E-state index contributed by atoms with van der Waals surface area (Å²) in [5, 5.41) is 15.0. The molecule has 1 amide bonds. The Labute approximate surface area is 165 Å². The molecule has 0 radical (unpaired) electrons. The molecule has 0 atom stereocenters. The number of para-hydroxylation sites is 1. The third-order valence-electron chi connectivity index (χ3n) is 4.15. The molecule has 0 unspecified atom stereocenters. The average molecular weight is 394 g/mol. The number of carbonyl (C=O) groups excluding carboxylic acids is 2. The number of hydroxylamine groups is 1. The van der Waals surface area contributed by atoms with Gasteiger partial charge in [0.2, 0.25) is 0 Å². The van der Waals surface area contributed by atoms with Crippen LogP contribution in [0.25, 0.3) is 16.9 Å². The number of nitrogens with zero attached hydrogens (tertiary/aromatic N) is 2. The molecule has 2 heterocycles. The van der Waals surface area contributed by atoms with Gasteiger partial charge >= 0.3 is 0 Å². The van der Waals surface area contributed by atoms with Crippen LogP contribution in [0.15, 0.2) is 54.7 Å². The van der Waals surface area contributed by atoms with Gasteiger partial charge < -0.3 is 19.4 Å². The lowest BCUT2D eigenvalue weighted by molar-refractivity contribution is -0.310. The number of benzene rings is 2. The highest BCUT2D eigenvalue weighted by Crippen LogP contribution is 2.35. The van der Waals surface area contributed by atoms with E-state index in [1.54, 1.807) is 29.1 Å². The minimum absolute atomic E-state index is 0.198. The maximum absolute atomic E-state index is 12.6. The lowest BCUT2D eigenvalue weighted by atomic mass is 10.1. The molecule has 2 aromatic carbocycles. The molecule has 1 aliphatic rings. The first-order valence-corrected chi connectivity index (χ1v) is 8.79. The summed E-state index contributed by atoms with van der Waals surface area (Å²) in [6.45, 7) is 0.135. The van der Waals surface area contributed by atoms with E-state index in [0.717, 1.165) is 5.69 Å². The second-order valence-electron chi connectivity index (χ2n) is 6.12. The van der Waals surface area contributed by atoms with Gasteiger partial charge in [-0.15, -0.1) is 0 Å². The van der Waals surface area contributed by atoms with E-state index in [1.807, 2.05) is 30.3 Å². The molecule has 148 valence electrons. The minimum atomic E-state index is -1.45. The number of aromatic nitrogens is 2. The van der Waals surface area contributed by atoms with Gasteiger partial charge in [0, 0.05) is 11.8 Å². The van der Waals surface area contributed by atoms with Gasteiger partial charge in [0.15, 0.2) is 11.5 Å². The molecule has 1 aromatic heterocycles. The smallest absolute Gasteiger partial charge is 0.278 e. The van der Waals surface area contributed by atoms with E-state index < -0.39 is 18.5 Å². The van der Waals surface area contributed by atoms with Crippen molar-refractivity contribution in [2.75, 3.05) is 19.8 Å². The van der Waals surface area contributed by atoms with Crippen LogP contribution >= 0.6 is 0 Å². The van der Waals surface area contributed by atoms with E-state index in [1.165, 1.54) is 0 Å². The lowest BCUT2D eigenvalue weighted by Gasteiger charge is -2.18. The Kier molecular flexibility index (Phi) is 5.12. The van der Waals surface area contributed by atoms with Crippen molar-refractivity contribution >= 4 is 11.9 Å². The van der Waals surface area contributed by atoms with Crippen molar-refractivity contribution in [2.24, 2.45) is 0 Å². The molecule has 1 aliphatic heterocycles. The van der Waals surface area contributed by atoms with Gasteiger partial charge in [0.05, 0.1) is 17.2 Å². The number of fused-ring (bicyclic) bond motifs is 1. The molecule has 0 saturated carbocycles. The first kappa shape index (κ1) is 18.5. The predicted octanol–water partition coefficient (Wildman–Crippen LogP) is 0.722. The molecular formula is C20H16N3O6-. The summed E-state index contributed by atoms with van der Waals surface area (Å²) in [5.74, 6) is -0.913. The Hall–Kier alpha value is -3.85. The summed E-state index contributed by atoms with van der Waals surface area (Å²) in [4.78, 5) is 27.8. The fraction of sp³-hybridized carbons (Fsp3) is 0.150. The monoisotopic (exact) mass is 394 g/mol. The van der Waals surface area contributed by atoms with Gasteiger partial charge in [-0.3, -0.25) is 9.63 Å². The van der Waals surface area contributed by atoms with E-state index in [0.29, 0.717) is 36.0 Å². The summed E-state index contributed by atoms with van der Waals surface area (Å²) < 4.78 is 12.7. The van der Waals surface area contributed by atoms with Crippen molar-refractivity contribution in [1.29, 1.82) is 0 Å². The van der Waals surface area contributed by atoms with E-state index >= 15 is 0 Å². The lowest BCUT2D eigenvalue weighted by Crippen LogP contribution is -2.33. The quantitative estimate of drug-likeness (QED) is 0.613. The third kappa shape index (κ3) is 4.04. The second kappa shape index (κ2) is 8.03. The summed E-state index contributed by atoms with van der Waals surface area (Å²) in [6, 6.07) is 14.5. The summed E-state index contributed by atoms with van der Waals surface area (Å²) in [7, 11) is 0. The van der Waals surface area contributed by atoms with Gasteiger partial charge in [-0.05, 0) is 30.3 Å². The number of ether oxygens (including phenoxy) is 2. The van der Waals surface area contributed by atoms with Crippen molar-refractivity contribution in [2.45, 2.75) is 0 Å². The highest BCUT2D eigenvalue weighted by atomic mass is 16.7. The van der Waals surface area contributed by atoms with E-state index in [4.69, 9.17) is 9.47 Å². The highest BCUT2D eigenvalue weighted by molar-refractivity contribution is 5.99. The van der Waals surface area contributed by atoms with Crippen molar-refractivity contribution in [1.82, 2.24) is 15.3 Å². The van der Waals surface area contributed by atoms with Crippen molar-refractivity contribution in [3.05, 3.63) is 60.3 Å². The molecule has 3 aromatic rings. The molecule has 29 heavy (non-hydrogen) atoms. The number of nitrogens with one attached hydrogen (secondary N) is 1. The van der Waals surface area contributed by atoms with Crippen LogP contribution < -0.4 is 20.1 Å². The fourth-order valence-electron chi connectivity index (χ4n) is 2.87. The maximum Gasteiger partial charge on any atom is 0.278 e. The Balaban J connectivity index is 1.72. The Morgan fingerprint density at radius 3 is 2.62 bits per heavy atom. The molecule has 0 aliphatic carbocycles. The summed E-state index contributed by atoms with van der Waals surface area (Å²) >= 11 is 0. The molecule has 9 heteroatoms. The molecule has 0 spiro atoms. The van der Waals surface area contributed by atoms with Crippen LogP contribution in [0, 0.1) is 0 Å². The average Bonchev–Trinajstić information content (AvgIpc) is 3.19. The first-order valence-electron chi connectivity index (χ1n) is 8.79. The zero-order valence-electron chi connectivity index (χ0n) is 15.2. The highest BCUT2D eigenvalue weighted by Gasteiger charge is 2.21. The van der Waals surface area contributed by atoms with Crippen molar-refractivity contribution in [3.8, 4) is 28.4 Å². The van der Waals surface area contributed by atoms with Gasteiger partial charge in [-0.25, -0.2) is 10.2 Å². The van der Waals surface area contributed by atoms with Crippen LogP contribution in [-0.4, -0.2) is 41.5 Å². The van der Waals surface area contributed by atoms with Gasteiger partial charge in [0.1, 0.15) is 25.5 Å². The predicted molar refractivity (Wildman–Crippen MR) is 98.4 cm³/mol. The number of carboxylic acids is 1. The van der Waals surface area contributed by atoms with Crippen molar-refractivity contribution < 1.29 is 29.0 Å². The SMILES string of the molecule is O=C([O-])CONC(=O)c1cn(-c2ccccc2)nc1-c1ccc2c(c1)OCCO2. The number of carbonyl (C=O) groups is 2. The molecule has 9 nitrogen and oxygen atoms in total. The third-order valence-corrected chi connectivity index (χ3v) is 4.15. The summed E-state index contributed by atoms with van der Waals surface area (Å²) in [5.41, 5.74) is 4.06. The number of hydrogen-bond acceptors (Lipinski definition) is 7. The maximum atomic E-state index is 12.6. The molecule has 0 saturated heterocycles. The van der Waals surface area contributed by atoms with Crippen LogP contribution in [0.1, 0.15) is 10.4 Å². The van der Waals surface area contributed by atoms with E-state index in [-0.39, 0.29) is 5.56 Å². The van der Waals surface area contributed by atoms with Gasteiger partial charge in [0.25, 0.3) is 5.91 Å². The number of amides is 1. The van der Waals surface area contributed by atoms with Gasteiger partial charge in [-0.1, -0.05) is 18.2 Å². The Bertz CT molecular complexity index is 1050. The number of rotatable bonds is 6. The summed E-state index contributed by atoms with van der Waals surface area (Å²) in [6.07, 6.45) is 1.54. The van der Waals surface area contributed by atoms with Crippen LogP contribution in [0.3, 0.4) is 0 Å². The Morgan fingerprint density at radius 2 is 1.86 bits per heavy atom. The molecule has 0 bridgehead atoms. The van der Waals surface area contributed by atoms with Crippen LogP contribution in [0.5, 0.6) is 11.5 Å². The van der Waals surface area contributed by atoms with Crippen LogP contribution in [0.4, 0.5) is 0 Å². The number of aliphatic carboxylic acids is 1. The van der Waals surface area contributed by atoms with E-state index in [2.05, 4.69) is 15.4 Å². The van der Waals surface area contributed by atoms with Crippen LogP contribution in [-0.2, 0) is 9.63 Å². The molecule has 0 fully saturated rings. The standard InChI is InChI=1S/C20H17N3O6/c24-18(25)12-29-22-20(26)15-11-23(14-4-2-1-3-5-14)21-19(15)13-6-7-16-17(10-13)28-9-8-27-16/h1-7,10-11H,8-9,12H2,(H,22,26)(H,24,25)/p-1. The normalized spacial score (nSPS) is 12.4. The number of carboxylic acid groups (broad SMARTS) is 1. The largest absolute Gasteiger partial charge is 0.548 e.